The van der Waals surface area contributed by atoms with Gasteiger partial charge in [0, 0.05) is 50.8 Å². The van der Waals surface area contributed by atoms with Crippen molar-refractivity contribution in [3.63, 3.8) is 0 Å². The number of amides is 1. The third-order valence-corrected chi connectivity index (χ3v) is 11.1. The lowest BCUT2D eigenvalue weighted by Gasteiger charge is -2.64. The van der Waals surface area contributed by atoms with E-state index in [1.807, 2.05) is 6.07 Å². The fraction of sp³-hybridized carbons (Fsp3) is 0.719. The molecule has 238 valence electrons. The summed E-state index contributed by atoms with van der Waals surface area (Å²) in [6.07, 6.45) is 6.37. The molecule has 0 aromatic heterocycles. The number of carbonyl (C=O) groups is 3. The summed E-state index contributed by atoms with van der Waals surface area (Å²) in [5.74, 6) is 1.44. The van der Waals surface area contributed by atoms with E-state index in [4.69, 9.17) is 20.9 Å². The van der Waals surface area contributed by atoms with E-state index in [0.717, 1.165) is 47.5 Å². The van der Waals surface area contributed by atoms with Crippen molar-refractivity contribution in [1.82, 2.24) is 4.90 Å². The number of likely N-dealkylation sites (N-methyl/N-ethyl adjacent to an activating group) is 1. The van der Waals surface area contributed by atoms with Gasteiger partial charge in [0.1, 0.15) is 17.4 Å². The Bertz CT molecular complexity index is 1270. The Balaban J connectivity index is 0.00000368. The Hall–Kier alpha value is -2.24. The molecule has 6 atom stereocenters. The topological polar surface area (TPSA) is 145 Å². The van der Waals surface area contributed by atoms with Crippen molar-refractivity contribution in [1.29, 1.82) is 0 Å². The van der Waals surface area contributed by atoms with E-state index in [-0.39, 0.29) is 35.8 Å². The number of ketones is 2. The number of Topliss-reactive ketones (excluding diaryl/α,β-unsaturated/α-hetero) is 2. The summed E-state index contributed by atoms with van der Waals surface area (Å²) in [4.78, 5) is 40.3. The zero-order chi connectivity index (χ0) is 29.9. The monoisotopic (exact) mass is 618 g/mol. The summed E-state index contributed by atoms with van der Waals surface area (Å²) in [6.45, 7) is 2.88. The number of likely N-dealkylation sites (tertiary alicyclic amines) is 1. The number of unbranched alkanes of at least 4 members (excludes halogenated alkanes) is 1. The van der Waals surface area contributed by atoms with Crippen molar-refractivity contribution < 1.29 is 45.9 Å². The van der Waals surface area contributed by atoms with Crippen LogP contribution >= 0.6 is 0 Å². The molecule has 5 N–H and O–H groups in total. The van der Waals surface area contributed by atoms with E-state index < -0.39 is 29.3 Å². The second-order valence-electron chi connectivity index (χ2n) is 13.8. The molecule has 3 fully saturated rings. The lowest BCUT2D eigenvalue weighted by atomic mass is 9.48. The molecule has 2 bridgehead atoms. The van der Waals surface area contributed by atoms with Crippen molar-refractivity contribution in [2.45, 2.75) is 99.8 Å². The standard InChI is InChI=1S/C32H47N4O6.ClH/c1-35(16-5-7-23(37)22(34)6-3-4-15-33)30(39)41-25-11-10-21-18-26-32(40)13-12-24(38)29-31(32,27(21)28(25)42-29)14-17-36(26,2)19-20-8-9-20;/h10-11,20,22,26,29,40H,3-9,12-19,33-34H2,1-2H3;1H/q+1;/p-1/t22?,26-,29?,31?,32?,36+;/m1./s1. The molecular formula is C32H47ClN4O6. The lowest BCUT2D eigenvalue weighted by Crippen LogP contribution is -3.00. The number of aliphatic hydroxyl groups is 1. The molecule has 5 aliphatic rings. The molecule has 6 rings (SSSR count). The summed E-state index contributed by atoms with van der Waals surface area (Å²) in [5, 5.41) is 12.6. The van der Waals surface area contributed by atoms with Crippen LogP contribution in [0.5, 0.6) is 11.5 Å². The predicted molar refractivity (Wildman–Crippen MR) is 156 cm³/mol. The van der Waals surface area contributed by atoms with Gasteiger partial charge in [0.15, 0.2) is 23.4 Å². The molecule has 11 heteroatoms. The molecule has 1 aromatic carbocycles. The lowest BCUT2D eigenvalue weighted by molar-refractivity contribution is -0.950. The SMILES string of the molecule is CN(CCCC(=O)C(N)CCCCN)C(=O)Oc1ccc2c3c1OC1C(=O)CCC4(O)[C@@H](C2)[N@+](C)(CC2CC2)CCC314.[Cl-]. The second-order valence-corrected chi connectivity index (χ2v) is 13.8. The Morgan fingerprint density at radius 1 is 1.23 bits per heavy atom. The third-order valence-electron chi connectivity index (χ3n) is 11.1. The van der Waals surface area contributed by atoms with Crippen LogP contribution in [-0.2, 0) is 21.4 Å². The van der Waals surface area contributed by atoms with Gasteiger partial charge in [-0.1, -0.05) is 12.5 Å². The maximum Gasteiger partial charge on any atom is 0.415 e. The number of nitrogens with two attached hydrogens (primary N) is 2. The van der Waals surface area contributed by atoms with Crippen LogP contribution in [0.15, 0.2) is 12.1 Å². The molecule has 4 unspecified atom stereocenters. The van der Waals surface area contributed by atoms with Crippen molar-refractivity contribution in [3.05, 3.63) is 23.3 Å². The summed E-state index contributed by atoms with van der Waals surface area (Å²) < 4.78 is 13.1. The maximum absolute atomic E-state index is 13.3. The summed E-state index contributed by atoms with van der Waals surface area (Å²) in [5.41, 5.74) is 11.6. The average molecular weight is 619 g/mol. The Morgan fingerprint density at radius 2 is 2.00 bits per heavy atom. The van der Waals surface area contributed by atoms with Crippen molar-refractivity contribution in [2.24, 2.45) is 17.4 Å². The summed E-state index contributed by atoms with van der Waals surface area (Å²) >= 11 is 0. The first-order valence-electron chi connectivity index (χ1n) is 15.9. The van der Waals surface area contributed by atoms with Crippen LogP contribution in [0.3, 0.4) is 0 Å². The average Bonchev–Trinajstić information content (AvgIpc) is 3.69. The highest BCUT2D eigenvalue weighted by Gasteiger charge is 2.76. The molecule has 1 amide bonds. The van der Waals surface area contributed by atoms with Crippen molar-refractivity contribution in [2.75, 3.05) is 40.3 Å². The highest BCUT2D eigenvalue weighted by molar-refractivity contribution is 5.90. The maximum atomic E-state index is 13.3. The summed E-state index contributed by atoms with van der Waals surface area (Å²) in [6, 6.07) is 3.27. The van der Waals surface area contributed by atoms with Crippen LogP contribution in [0.25, 0.3) is 0 Å². The zero-order valence-corrected chi connectivity index (χ0v) is 26.2. The van der Waals surface area contributed by atoms with Gasteiger partial charge < -0.3 is 47.8 Å². The van der Waals surface area contributed by atoms with E-state index in [1.54, 1.807) is 13.1 Å². The number of hydrogen-bond donors (Lipinski definition) is 3. The van der Waals surface area contributed by atoms with Gasteiger partial charge in [0.05, 0.1) is 31.6 Å². The Labute approximate surface area is 260 Å². The number of hydrogen-bond acceptors (Lipinski definition) is 8. The molecule has 1 aromatic rings. The normalized spacial score (nSPS) is 32.3. The van der Waals surface area contributed by atoms with Crippen LogP contribution in [-0.4, -0.2) is 96.2 Å². The van der Waals surface area contributed by atoms with Gasteiger partial charge in [-0.05, 0) is 56.7 Å². The first kappa shape index (κ1) is 32.2. The molecular weight excluding hydrogens is 572 g/mol. The van der Waals surface area contributed by atoms with Gasteiger partial charge in [0.25, 0.3) is 0 Å². The van der Waals surface area contributed by atoms with Crippen molar-refractivity contribution in [3.8, 4) is 11.5 Å². The molecule has 0 radical (unpaired) electrons. The first-order valence-corrected chi connectivity index (χ1v) is 15.9. The largest absolute Gasteiger partial charge is 1.00 e. The van der Waals surface area contributed by atoms with E-state index in [2.05, 4.69) is 7.05 Å². The predicted octanol–water partition coefficient (Wildman–Crippen LogP) is -0.795. The van der Waals surface area contributed by atoms with Crippen LogP contribution in [0.2, 0.25) is 0 Å². The van der Waals surface area contributed by atoms with Gasteiger partial charge in [0.2, 0.25) is 0 Å². The van der Waals surface area contributed by atoms with Crippen LogP contribution < -0.4 is 33.3 Å². The summed E-state index contributed by atoms with van der Waals surface area (Å²) in [7, 11) is 3.92. The van der Waals surface area contributed by atoms with Gasteiger partial charge in [-0.15, -0.1) is 0 Å². The highest BCUT2D eigenvalue weighted by Crippen LogP contribution is 2.66. The minimum atomic E-state index is -1.05. The van der Waals surface area contributed by atoms with Gasteiger partial charge >= 0.3 is 6.09 Å². The number of ether oxygens (including phenoxy) is 2. The molecule has 2 heterocycles. The fourth-order valence-corrected chi connectivity index (χ4v) is 8.62. The van der Waals surface area contributed by atoms with Gasteiger partial charge in [-0.25, -0.2) is 4.79 Å². The van der Waals surface area contributed by atoms with Gasteiger partial charge in [-0.2, -0.15) is 0 Å². The number of halogens is 1. The minimum absolute atomic E-state index is 0. The Morgan fingerprint density at radius 3 is 2.72 bits per heavy atom. The second kappa shape index (κ2) is 11.9. The molecule has 1 saturated heterocycles. The van der Waals surface area contributed by atoms with E-state index in [1.165, 1.54) is 17.7 Å². The quantitative estimate of drug-likeness (QED) is 0.204. The van der Waals surface area contributed by atoms with E-state index in [0.29, 0.717) is 63.8 Å². The highest BCUT2D eigenvalue weighted by atomic mass is 35.5. The van der Waals surface area contributed by atoms with E-state index in [9.17, 15) is 19.5 Å². The van der Waals surface area contributed by atoms with Gasteiger partial charge in [-0.3, -0.25) is 9.59 Å². The molecule has 3 aliphatic carbocycles. The molecule has 2 saturated carbocycles. The number of piperidine rings is 1. The third kappa shape index (κ3) is 5.27. The molecule has 1 spiro atoms. The smallest absolute Gasteiger partial charge is 0.415 e. The van der Waals surface area contributed by atoms with Crippen LogP contribution in [0.4, 0.5) is 4.79 Å². The minimum Gasteiger partial charge on any atom is -1.00 e. The number of carbonyl (C=O) groups excluding carboxylic acids is 3. The number of rotatable bonds is 12. The first-order chi connectivity index (χ1) is 20.0. The number of quaternary nitrogens is 1. The fourth-order valence-electron chi connectivity index (χ4n) is 8.62. The van der Waals surface area contributed by atoms with Crippen molar-refractivity contribution >= 4 is 17.7 Å². The van der Waals surface area contributed by atoms with Crippen LogP contribution in [0.1, 0.15) is 75.3 Å². The molecule has 43 heavy (non-hydrogen) atoms. The molecule has 2 aliphatic heterocycles. The number of benzene rings is 1. The van der Waals surface area contributed by atoms with Crippen LogP contribution in [0, 0.1) is 5.92 Å². The number of nitrogens with zero attached hydrogens (tertiary/aromatic N) is 2. The molecule has 10 nitrogen and oxygen atoms in total. The van der Waals surface area contributed by atoms with E-state index >= 15 is 0 Å². The Kier molecular flexibility index (Phi) is 8.92. The zero-order valence-electron chi connectivity index (χ0n) is 25.5.